The van der Waals surface area contributed by atoms with Crippen LogP contribution < -0.4 is 19.1 Å². The number of anilines is 3. The lowest BCUT2D eigenvalue weighted by molar-refractivity contribution is -0.136. The fraction of sp³-hybridized carbons (Fsp3) is 0.225. The molecule has 4 N–H and O–H groups in total. The van der Waals surface area contributed by atoms with E-state index in [2.05, 4.69) is 19.3 Å². The Hall–Kier alpha value is -5.90. The van der Waals surface area contributed by atoms with Gasteiger partial charge in [0.2, 0.25) is 20.0 Å². The molecule has 0 bridgehead atoms. The fourth-order valence-corrected chi connectivity index (χ4v) is 7.81. The highest BCUT2D eigenvalue weighted by Crippen LogP contribution is 2.31. The average molecular weight is 882 g/mol. The monoisotopic (exact) mass is 881 g/mol. The van der Waals surface area contributed by atoms with Gasteiger partial charge in [0.25, 0.3) is 10.0 Å². The van der Waals surface area contributed by atoms with E-state index in [4.69, 9.17) is 19.4 Å². The predicted molar refractivity (Wildman–Crippen MR) is 228 cm³/mol. The Morgan fingerprint density at radius 1 is 0.817 bits per heavy atom. The van der Waals surface area contributed by atoms with Crippen LogP contribution >= 0.6 is 0 Å². The molecule has 1 aliphatic rings. The van der Waals surface area contributed by atoms with Gasteiger partial charge >= 0.3 is 11.9 Å². The zero-order chi connectivity index (χ0) is 43.5. The number of rotatable bonds is 20. The lowest BCUT2D eigenvalue weighted by atomic mass is 9.92. The molecule has 0 aromatic heterocycles. The summed E-state index contributed by atoms with van der Waals surface area (Å²) in [6.45, 7) is 0.521. The Bertz CT molecular complexity index is 2630. The molecule has 0 aliphatic carbocycles. The number of nitrogens with zero attached hydrogens (tertiary/aromatic N) is 2. The van der Waals surface area contributed by atoms with E-state index in [0.29, 0.717) is 23.2 Å². The number of aliphatic hydroxyl groups excluding tert-OH is 1. The second kappa shape index (κ2) is 19.9. The molecule has 1 heterocycles. The molecule has 0 saturated carbocycles. The summed E-state index contributed by atoms with van der Waals surface area (Å²) in [5, 5.41) is 12.8. The Balaban J connectivity index is 1.41. The molecule has 60 heavy (non-hydrogen) atoms. The van der Waals surface area contributed by atoms with Crippen molar-refractivity contribution in [1.82, 2.24) is 4.72 Å². The lowest BCUT2D eigenvalue weighted by Crippen LogP contribution is -2.32. The van der Waals surface area contributed by atoms with Crippen molar-refractivity contribution in [3.05, 3.63) is 131 Å². The van der Waals surface area contributed by atoms with Crippen LogP contribution in [-0.4, -0.2) is 107 Å². The first-order valence-corrected chi connectivity index (χ1v) is 23.3. The lowest BCUT2D eigenvalue weighted by Gasteiger charge is -2.19. The summed E-state index contributed by atoms with van der Waals surface area (Å²) >= 11 is 0. The van der Waals surface area contributed by atoms with Crippen LogP contribution in [0.4, 0.5) is 17.1 Å². The van der Waals surface area contributed by atoms with Crippen molar-refractivity contribution < 1.29 is 54.3 Å². The second-order valence-electron chi connectivity index (χ2n) is 13.3. The number of ether oxygens (including phenoxy) is 2. The van der Waals surface area contributed by atoms with Crippen molar-refractivity contribution in [3.63, 3.8) is 0 Å². The van der Waals surface area contributed by atoms with Gasteiger partial charge in [-0.1, -0.05) is 59.8 Å². The Morgan fingerprint density at radius 2 is 1.52 bits per heavy atom. The summed E-state index contributed by atoms with van der Waals surface area (Å²) in [7, 11) is -9.34. The van der Waals surface area contributed by atoms with E-state index in [-0.39, 0.29) is 66.1 Å². The molecule has 4 aromatic carbocycles. The Labute approximate surface area is 348 Å². The van der Waals surface area contributed by atoms with Crippen LogP contribution in [0.3, 0.4) is 0 Å². The number of carbonyl (C=O) groups excluding carboxylic acids is 2. The maximum atomic E-state index is 13.4. The van der Waals surface area contributed by atoms with Crippen LogP contribution in [0.15, 0.2) is 119 Å². The normalized spacial score (nSPS) is 14.1. The van der Waals surface area contributed by atoms with E-state index >= 15 is 0 Å². The Morgan fingerprint density at radius 3 is 2.20 bits per heavy atom. The van der Waals surface area contributed by atoms with Crippen molar-refractivity contribution in [2.24, 2.45) is 5.16 Å². The van der Waals surface area contributed by atoms with Gasteiger partial charge in [-0.15, -0.1) is 0 Å². The van der Waals surface area contributed by atoms with E-state index in [1.807, 2.05) is 36.2 Å². The van der Waals surface area contributed by atoms with Gasteiger partial charge in [0, 0.05) is 42.8 Å². The van der Waals surface area contributed by atoms with Gasteiger partial charge in [0.1, 0.15) is 12.3 Å². The molecule has 318 valence electrons. The number of sulfonamides is 3. The van der Waals surface area contributed by atoms with Crippen molar-refractivity contribution >= 4 is 76.4 Å². The summed E-state index contributed by atoms with van der Waals surface area (Å²) in [6.07, 6.45) is 5.52. The van der Waals surface area contributed by atoms with Crippen molar-refractivity contribution in [2.45, 2.75) is 4.90 Å². The third-order valence-electron chi connectivity index (χ3n) is 8.48. The molecule has 0 atom stereocenters. The van der Waals surface area contributed by atoms with E-state index in [1.165, 1.54) is 48.5 Å². The minimum Gasteiger partial charge on any atom is -0.460 e. The molecule has 0 fully saturated rings. The molecular formula is C40H43N5O12S3. The van der Waals surface area contributed by atoms with Crippen LogP contribution in [0.2, 0.25) is 0 Å². The maximum Gasteiger partial charge on any atom is 0.368 e. The quantitative estimate of drug-likeness (QED) is 0.0432. The van der Waals surface area contributed by atoms with Gasteiger partial charge in [-0.25, -0.2) is 39.6 Å². The molecule has 17 nitrogen and oxygen atoms in total. The molecule has 0 unspecified atom stereocenters. The smallest absolute Gasteiger partial charge is 0.368 e. The van der Waals surface area contributed by atoms with Crippen LogP contribution in [0.1, 0.15) is 27.0 Å². The van der Waals surface area contributed by atoms with Gasteiger partial charge in [-0.05, 0) is 71.3 Å². The topological polar surface area (TPSA) is 236 Å². The minimum absolute atomic E-state index is 0.00230. The van der Waals surface area contributed by atoms with Crippen LogP contribution in [0, 0.1) is 0 Å². The molecule has 0 amide bonds. The number of esters is 1. The molecule has 0 radical (unpaired) electrons. The number of allylic oxidation sites excluding steroid dienone is 2. The summed E-state index contributed by atoms with van der Waals surface area (Å²) in [5.74, 6) is -1.54. The first-order valence-electron chi connectivity index (χ1n) is 18.1. The second-order valence-corrected chi connectivity index (χ2v) is 18.5. The number of hydrogen-bond donors (Lipinski definition) is 4. The van der Waals surface area contributed by atoms with E-state index in [1.54, 1.807) is 36.4 Å². The van der Waals surface area contributed by atoms with Gasteiger partial charge in [-0.3, -0.25) is 9.44 Å². The number of likely N-dealkylation sites (N-methyl/N-ethyl adjacent to an activating group) is 1. The highest BCUT2D eigenvalue weighted by Gasteiger charge is 2.31. The van der Waals surface area contributed by atoms with Gasteiger partial charge in [0.05, 0.1) is 48.4 Å². The average Bonchev–Trinajstić information content (AvgIpc) is 3.57. The third kappa shape index (κ3) is 13.1. The summed E-state index contributed by atoms with van der Waals surface area (Å²) in [4.78, 5) is 32.8. The molecule has 0 spiro atoms. The number of oxime groups is 1. The number of hydrogen-bond acceptors (Lipinski definition) is 14. The first-order chi connectivity index (χ1) is 28.4. The minimum atomic E-state index is -4.18. The molecule has 0 saturated heterocycles. The Kier molecular flexibility index (Phi) is 15.0. The van der Waals surface area contributed by atoms with E-state index < -0.39 is 42.0 Å². The van der Waals surface area contributed by atoms with Gasteiger partial charge < -0.3 is 24.3 Å². The summed E-state index contributed by atoms with van der Waals surface area (Å²) in [6, 6.07) is 25.1. The third-order valence-corrected chi connectivity index (χ3v) is 11.2. The molecule has 20 heteroatoms. The van der Waals surface area contributed by atoms with Crippen molar-refractivity contribution in [1.29, 1.82) is 0 Å². The summed E-state index contributed by atoms with van der Waals surface area (Å²) < 4.78 is 91.3. The first kappa shape index (κ1) is 45.2. The molecule has 5 rings (SSSR count). The fourth-order valence-electron chi connectivity index (χ4n) is 5.69. The predicted octanol–water partition coefficient (Wildman–Crippen LogP) is 3.44. The van der Waals surface area contributed by atoms with Crippen molar-refractivity contribution in [3.8, 4) is 0 Å². The zero-order valence-electron chi connectivity index (χ0n) is 32.7. The van der Waals surface area contributed by atoms with Crippen molar-refractivity contribution in [2.75, 3.05) is 73.4 Å². The SMILES string of the molecule is CN(CCNS(C)(=O)=O)c1ccc(C=CC(=C2C(=O)ON=C2c2ccc(NS(=O)(=O)c3cccc(C(=O)OCCOCCO)c3)cc2)c2cccc(NS(C)(=O)=O)c2)cc1. The summed E-state index contributed by atoms with van der Waals surface area (Å²) in [5.41, 5.74) is 3.31. The van der Waals surface area contributed by atoms with Crippen LogP contribution in [0.5, 0.6) is 0 Å². The van der Waals surface area contributed by atoms with Crippen LogP contribution in [0.25, 0.3) is 11.6 Å². The molecule has 1 aliphatic heterocycles. The standard InChI is InChI=1S/C40H43N5O12S3/c1-45(21-20-41-58(2,49)50)34-17-10-28(11-18-34)12-19-36(30-6-4-8-33(26-30)43-59(3,51)52)37-38(42-57-40(37)48)29-13-15-32(16-14-29)44-60(53,54)35-9-5-7-31(27-35)39(47)56-25-24-55-23-22-46/h4-19,26-27,41,43-44,46H,20-25H2,1-3H3. The van der Waals surface area contributed by atoms with E-state index in [0.717, 1.165) is 23.8 Å². The highest BCUT2D eigenvalue weighted by molar-refractivity contribution is 7.92. The molecular weight excluding hydrogens is 839 g/mol. The molecule has 4 aromatic rings. The zero-order valence-corrected chi connectivity index (χ0v) is 35.1. The number of aliphatic hydroxyl groups is 1. The number of nitrogens with one attached hydrogen (secondary N) is 3. The van der Waals surface area contributed by atoms with Gasteiger partial charge in [0.15, 0.2) is 0 Å². The number of benzene rings is 4. The van der Waals surface area contributed by atoms with E-state index in [9.17, 15) is 34.8 Å². The van der Waals surface area contributed by atoms with Gasteiger partial charge in [-0.2, -0.15) is 0 Å². The number of carbonyl (C=O) groups is 2. The van der Waals surface area contributed by atoms with Crippen LogP contribution in [-0.2, 0) is 49.2 Å². The maximum absolute atomic E-state index is 13.4. The largest absolute Gasteiger partial charge is 0.460 e. The highest BCUT2D eigenvalue weighted by atomic mass is 32.2.